The van der Waals surface area contributed by atoms with E-state index in [1.807, 2.05) is 0 Å². The zero-order chi connectivity index (χ0) is 17.5. The predicted octanol–water partition coefficient (Wildman–Crippen LogP) is 6.36. The Morgan fingerprint density at radius 3 is 1.08 bits per heavy atom. The van der Waals surface area contributed by atoms with Crippen LogP contribution in [0.5, 0.6) is 0 Å². The van der Waals surface area contributed by atoms with Crippen LogP contribution in [-0.4, -0.2) is 16.1 Å². The summed E-state index contributed by atoms with van der Waals surface area (Å²) in [7, 11) is -3.19. The van der Waals surface area contributed by atoms with Gasteiger partial charge in [-0.05, 0) is 25.0 Å². The van der Waals surface area contributed by atoms with Gasteiger partial charge >= 0.3 is 0 Å². The van der Waals surface area contributed by atoms with Crippen LogP contribution >= 0.6 is 0 Å². The molecule has 0 aliphatic carbocycles. The maximum atomic E-state index is 2.67. The van der Waals surface area contributed by atoms with Crippen molar-refractivity contribution in [3.05, 3.63) is 82.2 Å². The highest BCUT2D eigenvalue weighted by Gasteiger charge is 2.37. The van der Waals surface area contributed by atoms with Gasteiger partial charge in [-0.3, -0.25) is 0 Å². The minimum absolute atomic E-state index is 1.34. The van der Waals surface area contributed by atoms with Crippen LogP contribution in [0, 0.1) is 13.8 Å². The van der Waals surface area contributed by atoms with Crippen molar-refractivity contribution in [1.82, 2.24) is 0 Å². The molecule has 0 radical (unpaired) electrons. The second-order valence-electron chi connectivity index (χ2n) is 8.29. The molecule has 0 N–H and O–H groups in total. The number of aryl methyl sites for hydroxylation is 2. The Labute approximate surface area is 149 Å². The third kappa shape index (κ3) is 3.26. The zero-order valence-electron chi connectivity index (χ0n) is 15.8. The van der Waals surface area contributed by atoms with E-state index >= 15 is 0 Å². The first-order valence-electron chi connectivity index (χ1n) is 8.80. The predicted molar refractivity (Wildman–Crippen MR) is 113 cm³/mol. The van der Waals surface area contributed by atoms with Gasteiger partial charge in [0.15, 0.2) is 0 Å². The molecule has 1 aliphatic rings. The van der Waals surface area contributed by atoms with Gasteiger partial charge in [0, 0.05) is 0 Å². The van der Waals surface area contributed by atoms with E-state index in [-0.39, 0.29) is 0 Å². The van der Waals surface area contributed by atoms with Gasteiger partial charge in [0.1, 0.15) is 16.1 Å². The van der Waals surface area contributed by atoms with E-state index in [2.05, 4.69) is 100.0 Å². The standard InChI is InChI=1S/C22H28Si2/c1-17-7-11-19(12-8-17)21-15-24(5,6)22(16-23(21,3)4)20-13-9-18(2)10-14-20/h7-16H,1-6H3. The lowest BCUT2D eigenvalue weighted by Gasteiger charge is -2.36. The van der Waals surface area contributed by atoms with Gasteiger partial charge in [0.2, 0.25) is 0 Å². The number of hydrogen-bond acceptors (Lipinski definition) is 0. The van der Waals surface area contributed by atoms with Crippen molar-refractivity contribution in [2.24, 2.45) is 0 Å². The second-order valence-corrected chi connectivity index (χ2v) is 16.8. The van der Waals surface area contributed by atoms with Crippen molar-refractivity contribution in [2.75, 3.05) is 0 Å². The van der Waals surface area contributed by atoms with Gasteiger partial charge < -0.3 is 0 Å². The second kappa shape index (κ2) is 6.01. The molecule has 0 unspecified atom stereocenters. The molecule has 1 aliphatic heterocycles. The summed E-state index contributed by atoms with van der Waals surface area (Å²) < 4.78 is 0. The number of rotatable bonds is 2. The molecular formula is C22H28Si2. The molecular weight excluding hydrogens is 320 g/mol. The fourth-order valence-electron chi connectivity index (χ4n) is 3.63. The van der Waals surface area contributed by atoms with Gasteiger partial charge in [-0.1, -0.05) is 108 Å². The topological polar surface area (TPSA) is 0 Å². The number of hydrogen-bond donors (Lipinski definition) is 0. The van der Waals surface area contributed by atoms with Crippen LogP contribution in [0.15, 0.2) is 59.9 Å². The summed E-state index contributed by atoms with van der Waals surface area (Å²) in [5.74, 6) is 0. The normalized spacial score (nSPS) is 18.8. The molecule has 0 atom stereocenters. The van der Waals surface area contributed by atoms with E-state index in [9.17, 15) is 0 Å². The Hall–Kier alpha value is -1.65. The average Bonchev–Trinajstić information content (AvgIpc) is 2.51. The van der Waals surface area contributed by atoms with Crippen LogP contribution in [0.3, 0.4) is 0 Å². The molecule has 0 fully saturated rings. The fourth-order valence-corrected chi connectivity index (χ4v) is 12.7. The Balaban J connectivity index is 2.08. The maximum Gasteiger partial charge on any atom is 0.103 e. The van der Waals surface area contributed by atoms with Crippen LogP contribution in [0.2, 0.25) is 26.2 Å². The Kier molecular flexibility index (Phi) is 4.31. The first-order valence-corrected chi connectivity index (χ1v) is 15.0. The SMILES string of the molecule is Cc1ccc(C2=C[Si](C)(C)C(c3ccc(C)cc3)=C[Si]2(C)C)cc1. The van der Waals surface area contributed by atoms with Crippen molar-refractivity contribution >= 4 is 26.5 Å². The lowest BCUT2D eigenvalue weighted by molar-refractivity contribution is 1.45. The van der Waals surface area contributed by atoms with E-state index in [0.717, 1.165) is 0 Å². The molecule has 124 valence electrons. The molecule has 0 saturated heterocycles. The third-order valence-electron chi connectivity index (χ3n) is 5.12. The van der Waals surface area contributed by atoms with E-state index in [1.165, 1.54) is 22.3 Å². The highest BCUT2D eigenvalue weighted by Crippen LogP contribution is 2.40. The van der Waals surface area contributed by atoms with Crippen LogP contribution in [0.1, 0.15) is 22.3 Å². The summed E-state index contributed by atoms with van der Waals surface area (Å²) in [6, 6.07) is 18.2. The molecule has 24 heavy (non-hydrogen) atoms. The molecule has 1 heterocycles. The van der Waals surface area contributed by atoms with E-state index < -0.39 is 16.1 Å². The van der Waals surface area contributed by atoms with E-state index in [1.54, 1.807) is 10.4 Å². The molecule has 0 spiro atoms. The number of benzene rings is 2. The lowest BCUT2D eigenvalue weighted by atomic mass is 10.1. The third-order valence-corrected chi connectivity index (χ3v) is 11.4. The highest BCUT2D eigenvalue weighted by atomic mass is 28.3. The van der Waals surface area contributed by atoms with Gasteiger partial charge in [-0.25, -0.2) is 0 Å². The Morgan fingerprint density at radius 1 is 0.500 bits per heavy atom. The zero-order valence-corrected chi connectivity index (χ0v) is 17.8. The largest absolute Gasteiger partial charge is 0.103 e. The molecule has 2 heteroatoms. The monoisotopic (exact) mass is 348 g/mol. The minimum atomic E-state index is -1.59. The molecule has 2 aromatic rings. The molecule has 2 aromatic carbocycles. The molecule has 3 rings (SSSR count). The summed E-state index contributed by atoms with van der Waals surface area (Å²) in [5, 5.41) is 3.24. The maximum absolute atomic E-state index is 2.67. The fraction of sp³-hybridized carbons (Fsp3) is 0.273. The lowest BCUT2D eigenvalue weighted by Crippen LogP contribution is -2.39. The molecule has 0 saturated carbocycles. The smallest absolute Gasteiger partial charge is 0.0900 e. The summed E-state index contributed by atoms with van der Waals surface area (Å²) in [6.07, 6.45) is 0. The van der Waals surface area contributed by atoms with Gasteiger partial charge in [-0.2, -0.15) is 0 Å². The van der Waals surface area contributed by atoms with Crippen LogP contribution < -0.4 is 0 Å². The average molecular weight is 349 g/mol. The minimum Gasteiger partial charge on any atom is -0.0900 e. The van der Waals surface area contributed by atoms with E-state index in [0.29, 0.717) is 0 Å². The molecule has 0 aromatic heterocycles. The summed E-state index contributed by atoms with van der Waals surface area (Å²) >= 11 is 0. The van der Waals surface area contributed by atoms with Gasteiger partial charge in [0.25, 0.3) is 0 Å². The van der Waals surface area contributed by atoms with Crippen molar-refractivity contribution < 1.29 is 0 Å². The summed E-state index contributed by atoms with van der Waals surface area (Å²) in [4.78, 5) is 0. The molecule has 0 amide bonds. The Morgan fingerprint density at radius 2 is 0.792 bits per heavy atom. The first kappa shape index (κ1) is 17.2. The Bertz CT molecular complexity index is 733. The highest BCUT2D eigenvalue weighted by molar-refractivity contribution is 7.10. The van der Waals surface area contributed by atoms with Crippen molar-refractivity contribution in [2.45, 2.75) is 40.0 Å². The van der Waals surface area contributed by atoms with Crippen molar-refractivity contribution in [1.29, 1.82) is 0 Å². The van der Waals surface area contributed by atoms with Crippen molar-refractivity contribution in [3.63, 3.8) is 0 Å². The van der Waals surface area contributed by atoms with Crippen LogP contribution in [-0.2, 0) is 0 Å². The van der Waals surface area contributed by atoms with Crippen molar-refractivity contribution in [3.8, 4) is 0 Å². The van der Waals surface area contributed by atoms with Crippen LogP contribution in [0.25, 0.3) is 10.4 Å². The summed E-state index contributed by atoms with van der Waals surface area (Å²) in [6.45, 7) is 14.3. The quantitative estimate of drug-likeness (QED) is 0.554. The van der Waals surface area contributed by atoms with Crippen LogP contribution in [0.4, 0.5) is 0 Å². The van der Waals surface area contributed by atoms with E-state index in [4.69, 9.17) is 0 Å². The van der Waals surface area contributed by atoms with Gasteiger partial charge in [-0.15, -0.1) is 0 Å². The summed E-state index contributed by atoms with van der Waals surface area (Å²) in [5.41, 5.74) is 10.9. The molecule has 0 nitrogen and oxygen atoms in total. The van der Waals surface area contributed by atoms with Gasteiger partial charge in [0.05, 0.1) is 0 Å². The first-order chi connectivity index (χ1) is 11.2. The molecule has 0 bridgehead atoms.